The molecule has 0 saturated carbocycles. The van der Waals surface area contributed by atoms with E-state index in [0.29, 0.717) is 36.0 Å². The van der Waals surface area contributed by atoms with Crippen molar-refractivity contribution in [3.8, 4) is 16.9 Å². The van der Waals surface area contributed by atoms with Crippen molar-refractivity contribution in [3.05, 3.63) is 93.8 Å². The second kappa shape index (κ2) is 10.5. The third kappa shape index (κ3) is 5.08. The van der Waals surface area contributed by atoms with Gasteiger partial charge in [-0.3, -0.25) is 9.69 Å². The highest BCUT2D eigenvalue weighted by Gasteiger charge is 2.25. The third-order valence-corrected chi connectivity index (χ3v) is 7.14. The molecule has 0 bridgehead atoms. The van der Waals surface area contributed by atoms with Gasteiger partial charge in [0, 0.05) is 41.3 Å². The molecule has 1 amide bonds. The fourth-order valence-corrected chi connectivity index (χ4v) is 5.13. The summed E-state index contributed by atoms with van der Waals surface area (Å²) in [5.74, 6) is -0.151. The molecule has 1 aliphatic heterocycles. The molecule has 174 valence electrons. The number of thiophene rings is 1. The van der Waals surface area contributed by atoms with Crippen LogP contribution in [0.5, 0.6) is 0 Å². The second-order valence-corrected chi connectivity index (χ2v) is 9.48. The third-order valence-electron chi connectivity index (χ3n) is 5.91. The van der Waals surface area contributed by atoms with E-state index >= 15 is 0 Å². The van der Waals surface area contributed by atoms with Crippen LogP contribution in [0.15, 0.2) is 78.3 Å². The summed E-state index contributed by atoms with van der Waals surface area (Å²) in [7, 11) is 0. The van der Waals surface area contributed by atoms with Gasteiger partial charge >= 0.3 is 0 Å². The molecule has 0 aliphatic carbocycles. The van der Waals surface area contributed by atoms with E-state index in [1.165, 1.54) is 4.88 Å². The first-order valence-corrected chi connectivity index (χ1v) is 12.5. The van der Waals surface area contributed by atoms with Crippen LogP contribution >= 0.6 is 22.9 Å². The maximum absolute atomic E-state index is 13.5. The van der Waals surface area contributed by atoms with Crippen molar-refractivity contribution in [2.45, 2.75) is 6.04 Å². The number of nitrogens with one attached hydrogen (secondary N) is 1. The van der Waals surface area contributed by atoms with Gasteiger partial charge in [-0.05, 0) is 35.7 Å². The van der Waals surface area contributed by atoms with Gasteiger partial charge in [-0.15, -0.1) is 11.3 Å². The van der Waals surface area contributed by atoms with Crippen molar-refractivity contribution >= 4 is 28.8 Å². The largest absolute Gasteiger partial charge is 0.379 e. The molecule has 1 N–H and O–H groups in total. The number of ether oxygens (including phenoxy) is 1. The number of morpholine rings is 1. The lowest BCUT2D eigenvalue weighted by Crippen LogP contribution is -2.43. The molecule has 34 heavy (non-hydrogen) atoms. The maximum atomic E-state index is 13.5. The first-order chi connectivity index (χ1) is 16.7. The Labute approximate surface area is 207 Å². The molecule has 1 fully saturated rings. The summed E-state index contributed by atoms with van der Waals surface area (Å²) in [6.45, 7) is 3.62. The van der Waals surface area contributed by atoms with Crippen LogP contribution in [0, 0.1) is 0 Å². The monoisotopic (exact) mass is 492 g/mol. The lowest BCUT2D eigenvalue weighted by atomic mass is 10.1. The van der Waals surface area contributed by atoms with Gasteiger partial charge in [0.15, 0.2) is 0 Å². The lowest BCUT2D eigenvalue weighted by molar-refractivity contribution is 0.0169. The molecule has 1 saturated heterocycles. The van der Waals surface area contributed by atoms with Gasteiger partial charge < -0.3 is 10.1 Å². The molecule has 1 aliphatic rings. The minimum atomic E-state index is -0.151. The molecule has 8 heteroatoms. The minimum Gasteiger partial charge on any atom is -0.379 e. The average molecular weight is 493 g/mol. The van der Waals surface area contributed by atoms with Crippen molar-refractivity contribution in [1.82, 2.24) is 20.0 Å². The SMILES string of the molecule is O=C(NC[C@@H](c1cccs1)N1CCOCC1)c1cn(-c2ccccc2)nc1-c1ccc(Cl)cc1. The van der Waals surface area contributed by atoms with E-state index in [0.717, 1.165) is 24.3 Å². The minimum absolute atomic E-state index is 0.107. The summed E-state index contributed by atoms with van der Waals surface area (Å²) in [5.41, 5.74) is 2.88. The number of para-hydroxylation sites is 1. The van der Waals surface area contributed by atoms with Gasteiger partial charge in [-0.2, -0.15) is 5.10 Å². The number of carbonyl (C=O) groups excluding carboxylic acids is 1. The molecular weight excluding hydrogens is 468 g/mol. The molecule has 1 atom stereocenters. The predicted octanol–water partition coefficient (Wildman–Crippen LogP) is 5.06. The molecule has 3 heterocycles. The van der Waals surface area contributed by atoms with Crippen LogP contribution in [0.2, 0.25) is 5.02 Å². The normalized spacial score (nSPS) is 15.2. The summed E-state index contributed by atoms with van der Waals surface area (Å²) in [6, 6.07) is 21.5. The Morgan fingerprint density at radius 3 is 2.53 bits per heavy atom. The molecule has 0 radical (unpaired) electrons. The predicted molar refractivity (Wildman–Crippen MR) is 136 cm³/mol. The van der Waals surface area contributed by atoms with Crippen molar-refractivity contribution in [1.29, 1.82) is 0 Å². The van der Waals surface area contributed by atoms with Crippen LogP contribution in [-0.2, 0) is 4.74 Å². The Morgan fingerprint density at radius 2 is 1.82 bits per heavy atom. The Morgan fingerprint density at radius 1 is 1.06 bits per heavy atom. The van der Waals surface area contributed by atoms with Gasteiger partial charge in [0.05, 0.1) is 30.5 Å². The van der Waals surface area contributed by atoms with E-state index in [1.54, 1.807) is 22.2 Å². The van der Waals surface area contributed by atoms with E-state index in [4.69, 9.17) is 21.4 Å². The smallest absolute Gasteiger partial charge is 0.255 e. The van der Waals surface area contributed by atoms with Gasteiger partial charge in [0.1, 0.15) is 5.69 Å². The zero-order valence-corrected chi connectivity index (χ0v) is 20.1. The van der Waals surface area contributed by atoms with Crippen LogP contribution in [0.1, 0.15) is 21.3 Å². The lowest BCUT2D eigenvalue weighted by Gasteiger charge is -2.34. The van der Waals surface area contributed by atoms with E-state index in [1.807, 2.05) is 54.6 Å². The number of hydrogen-bond acceptors (Lipinski definition) is 5. The summed E-state index contributed by atoms with van der Waals surface area (Å²) in [5, 5.41) is 10.6. The van der Waals surface area contributed by atoms with E-state index in [9.17, 15) is 4.79 Å². The van der Waals surface area contributed by atoms with Crippen LogP contribution in [0.4, 0.5) is 0 Å². The Kier molecular flexibility index (Phi) is 7.06. The number of hydrogen-bond donors (Lipinski definition) is 1. The summed E-state index contributed by atoms with van der Waals surface area (Å²) in [4.78, 5) is 17.1. The molecule has 4 aromatic rings. The summed E-state index contributed by atoms with van der Waals surface area (Å²) < 4.78 is 7.28. The average Bonchev–Trinajstić information content (AvgIpc) is 3.57. The Balaban J connectivity index is 1.42. The topological polar surface area (TPSA) is 59.4 Å². The number of nitrogens with zero attached hydrogens (tertiary/aromatic N) is 3. The molecule has 2 aromatic heterocycles. The fourth-order valence-electron chi connectivity index (χ4n) is 4.14. The number of rotatable bonds is 7. The summed E-state index contributed by atoms with van der Waals surface area (Å²) in [6.07, 6.45) is 1.80. The molecule has 6 nitrogen and oxygen atoms in total. The van der Waals surface area contributed by atoms with E-state index < -0.39 is 0 Å². The van der Waals surface area contributed by atoms with Crippen molar-refractivity contribution < 1.29 is 9.53 Å². The highest BCUT2D eigenvalue weighted by Crippen LogP contribution is 2.27. The maximum Gasteiger partial charge on any atom is 0.255 e. The zero-order chi connectivity index (χ0) is 23.3. The number of aromatic nitrogens is 2. The van der Waals surface area contributed by atoms with Gasteiger partial charge in [-0.1, -0.05) is 48.0 Å². The van der Waals surface area contributed by atoms with Crippen LogP contribution in [0.3, 0.4) is 0 Å². The molecule has 5 rings (SSSR count). The fraction of sp³-hybridized carbons (Fsp3) is 0.231. The quantitative estimate of drug-likeness (QED) is 0.392. The van der Waals surface area contributed by atoms with Gasteiger partial charge in [-0.25, -0.2) is 4.68 Å². The number of amides is 1. The van der Waals surface area contributed by atoms with Crippen LogP contribution in [-0.4, -0.2) is 53.4 Å². The Hall–Kier alpha value is -2.97. The first kappa shape index (κ1) is 22.8. The second-order valence-electron chi connectivity index (χ2n) is 8.07. The standard InChI is InChI=1S/C26H25ClN4O2S/c27-20-10-8-19(9-11-20)25-22(18-31(29-25)21-5-2-1-3-6-21)26(32)28-17-23(24-7-4-16-34-24)30-12-14-33-15-13-30/h1-11,16,18,23H,12-15,17H2,(H,28,32)/t23-/m0/s1. The van der Waals surface area contributed by atoms with Gasteiger partial charge in [0.2, 0.25) is 0 Å². The van der Waals surface area contributed by atoms with E-state index in [-0.39, 0.29) is 11.9 Å². The van der Waals surface area contributed by atoms with Crippen molar-refractivity contribution in [3.63, 3.8) is 0 Å². The zero-order valence-electron chi connectivity index (χ0n) is 18.6. The van der Waals surface area contributed by atoms with Crippen molar-refractivity contribution in [2.75, 3.05) is 32.8 Å². The molecule has 0 spiro atoms. The summed E-state index contributed by atoms with van der Waals surface area (Å²) >= 11 is 7.80. The highest BCUT2D eigenvalue weighted by molar-refractivity contribution is 7.10. The van der Waals surface area contributed by atoms with Gasteiger partial charge in [0.25, 0.3) is 5.91 Å². The molecular formula is C26H25ClN4O2S. The van der Waals surface area contributed by atoms with Crippen LogP contribution < -0.4 is 5.32 Å². The van der Waals surface area contributed by atoms with E-state index in [2.05, 4.69) is 27.7 Å². The number of benzene rings is 2. The molecule has 0 unspecified atom stereocenters. The molecule has 2 aromatic carbocycles. The first-order valence-electron chi connectivity index (χ1n) is 11.2. The Bertz CT molecular complexity index is 1220. The highest BCUT2D eigenvalue weighted by atomic mass is 35.5. The van der Waals surface area contributed by atoms with Crippen molar-refractivity contribution in [2.24, 2.45) is 0 Å². The van der Waals surface area contributed by atoms with Crippen LogP contribution in [0.25, 0.3) is 16.9 Å². The number of carbonyl (C=O) groups is 1. The number of halogens is 1.